The van der Waals surface area contributed by atoms with E-state index in [2.05, 4.69) is 0 Å². The van der Waals surface area contributed by atoms with E-state index in [-0.39, 0.29) is 5.91 Å². The van der Waals surface area contributed by atoms with Gasteiger partial charge in [0.25, 0.3) is 5.91 Å². The number of ether oxygens (including phenoxy) is 1. The molecule has 1 N–H and O–H groups in total. The topological polar surface area (TPSA) is 49.8 Å². The predicted octanol–water partition coefficient (Wildman–Crippen LogP) is 1.67. The fraction of sp³-hybridized carbons (Fsp3) is 0.615. The molecule has 0 atom stereocenters. The van der Waals surface area contributed by atoms with Gasteiger partial charge in [-0.15, -0.1) is 11.3 Å². The highest BCUT2D eigenvalue weighted by molar-refractivity contribution is 7.13. The largest absolute Gasteiger partial charge is 0.388 e. The van der Waals surface area contributed by atoms with Crippen LogP contribution in [0.5, 0.6) is 0 Å². The fourth-order valence-electron chi connectivity index (χ4n) is 2.16. The third-order valence-electron chi connectivity index (χ3n) is 3.25. The quantitative estimate of drug-likeness (QED) is 0.908. The van der Waals surface area contributed by atoms with Gasteiger partial charge in [0.05, 0.1) is 10.5 Å². The molecule has 5 heteroatoms. The molecule has 1 amide bonds. The highest BCUT2D eigenvalue weighted by atomic mass is 32.1. The average Bonchev–Trinajstić information content (AvgIpc) is 2.75. The Morgan fingerprint density at radius 3 is 2.72 bits per heavy atom. The molecule has 0 bridgehead atoms. The van der Waals surface area contributed by atoms with Crippen molar-refractivity contribution in [1.82, 2.24) is 4.90 Å². The van der Waals surface area contributed by atoms with E-state index in [1.165, 1.54) is 11.3 Å². The van der Waals surface area contributed by atoms with Gasteiger partial charge in [-0.3, -0.25) is 4.79 Å². The van der Waals surface area contributed by atoms with Crippen LogP contribution >= 0.6 is 11.3 Å². The van der Waals surface area contributed by atoms with Crippen LogP contribution in [0.15, 0.2) is 12.1 Å². The summed E-state index contributed by atoms with van der Waals surface area (Å²) in [7, 11) is 1.74. The molecule has 1 saturated heterocycles. The van der Waals surface area contributed by atoms with Crippen LogP contribution in [0.3, 0.4) is 0 Å². The van der Waals surface area contributed by atoms with Crippen molar-refractivity contribution >= 4 is 17.2 Å². The number of nitrogens with zero attached hydrogens (tertiary/aromatic N) is 1. The lowest BCUT2D eigenvalue weighted by molar-refractivity contribution is -0.0733. The fourth-order valence-corrected chi connectivity index (χ4v) is 3.02. The Labute approximate surface area is 111 Å². The first kappa shape index (κ1) is 13.5. The van der Waals surface area contributed by atoms with E-state index in [9.17, 15) is 9.90 Å². The molecule has 1 aromatic rings. The zero-order valence-corrected chi connectivity index (χ0v) is 11.6. The molecule has 1 aromatic heterocycles. The lowest BCUT2D eigenvalue weighted by atomic mass is 9.94. The Balaban J connectivity index is 1.98. The maximum atomic E-state index is 12.2. The van der Waals surface area contributed by atoms with Crippen LogP contribution < -0.4 is 0 Å². The number of aryl methyl sites for hydroxylation is 1. The summed E-state index contributed by atoms with van der Waals surface area (Å²) in [5.74, 6) is -0.0204. The molecule has 0 aromatic carbocycles. The van der Waals surface area contributed by atoms with Crippen LogP contribution in [0.1, 0.15) is 27.4 Å². The van der Waals surface area contributed by atoms with Gasteiger partial charge in [0.1, 0.15) is 0 Å². The summed E-state index contributed by atoms with van der Waals surface area (Å²) in [5, 5.41) is 10.4. The summed E-state index contributed by atoms with van der Waals surface area (Å²) in [6.45, 7) is 3.48. The smallest absolute Gasteiger partial charge is 0.263 e. The summed E-state index contributed by atoms with van der Waals surface area (Å²) in [4.78, 5) is 15.6. The first-order valence-corrected chi connectivity index (χ1v) is 6.94. The van der Waals surface area contributed by atoms with E-state index in [0.717, 1.165) is 9.75 Å². The first-order valence-electron chi connectivity index (χ1n) is 6.12. The minimum Gasteiger partial charge on any atom is -0.388 e. The number of hydrogen-bond acceptors (Lipinski definition) is 4. The van der Waals surface area contributed by atoms with Crippen LogP contribution in [-0.2, 0) is 4.74 Å². The number of rotatable bonds is 3. The van der Waals surface area contributed by atoms with E-state index < -0.39 is 5.60 Å². The van der Waals surface area contributed by atoms with Crippen molar-refractivity contribution < 1.29 is 14.6 Å². The van der Waals surface area contributed by atoms with Crippen molar-refractivity contribution in [2.75, 3.05) is 26.8 Å². The normalized spacial score (nSPS) is 18.6. The number of amides is 1. The maximum absolute atomic E-state index is 12.2. The van der Waals surface area contributed by atoms with Gasteiger partial charge >= 0.3 is 0 Å². The molecule has 18 heavy (non-hydrogen) atoms. The highest BCUT2D eigenvalue weighted by Gasteiger charge is 2.32. The van der Waals surface area contributed by atoms with E-state index in [4.69, 9.17) is 4.74 Å². The molecule has 2 rings (SSSR count). The van der Waals surface area contributed by atoms with Crippen LogP contribution in [0, 0.1) is 6.92 Å². The molecular formula is C13H19NO3S. The molecule has 0 saturated carbocycles. The zero-order chi connectivity index (χ0) is 13.2. The zero-order valence-electron chi connectivity index (χ0n) is 10.8. The number of aliphatic hydroxyl groups is 1. The Hall–Kier alpha value is -0.910. The van der Waals surface area contributed by atoms with Gasteiger partial charge in [0, 0.05) is 44.5 Å². The molecule has 0 aliphatic carbocycles. The SMILES string of the molecule is Cc1ccc(C(=O)N(C)CC2(O)CCOCC2)s1. The molecule has 0 unspecified atom stereocenters. The molecule has 4 nitrogen and oxygen atoms in total. The van der Waals surface area contributed by atoms with Crippen molar-refractivity contribution in [2.24, 2.45) is 0 Å². The number of carbonyl (C=O) groups excluding carboxylic acids is 1. The second kappa shape index (κ2) is 5.38. The molecule has 2 heterocycles. The van der Waals surface area contributed by atoms with Gasteiger partial charge < -0.3 is 14.7 Å². The lowest BCUT2D eigenvalue weighted by Gasteiger charge is -2.35. The molecule has 1 fully saturated rings. The van der Waals surface area contributed by atoms with Crippen molar-refractivity contribution in [1.29, 1.82) is 0 Å². The molecular weight excluding hydrogens is 250 g/mol. The molecule has 1 aliphatic heterocycles. The third-order valence-corrected chi connectivity index (χ3v) is 4.24. The maximum Gasteiger partial charge on any atom is 0.263 e. The van der Waals surface area contributed by atoms with Crippen LogP contribution in [0.4, 0.5) is 0 Å². The standard InChI is InChI=1S/C13H19NO3S/c1-10-3-4-11(18-10)12(15)14(2)9-13(16)5-7-17-8-6-13/h3-4,16H,5-9H2,1-2H3. The number of likely N-dealkylation sites (N-methyl/N-ethyl adjacent to an activating group) is 1. The van der Waals surface area contributed by atoms with Gasteiger partial charge in [0.15, 0.2) is 0 Å². The Morgan fingerprint density at radius 2 is 2.17 bits per heavy atom. The van der Waals surface area contributed by atoms with E-state index >= 15 is 0 Å². The van der Waals surface area contributed by atoms with Gasteiger partial charge in [-0.1, -0.05) is 0 Å². The summed E-state index contributed by atoms with van der Waals surface area (Å²) < 4.78 is 5.23. The molecule has 100 valence electrons. The van der Waals surface area contributed by atoms with Crippen molar-refractivity contribution in [2.45, 2.75) is 25.4 Å². The van der Waals surface area contributed by atoms with Gasteiger partial charge in [-0.25, -0.2) is 0 Å². The third kappa shape index (κ3) is 3.10. The van der Waals surface area contributed by atoms with Crippen molar-refractivity contribution in [3.05, 3.63) is 21.9 Å². The van der Waals surface area contributed by atoms with Crippen LogP contribution in [0.25, 0.3) is 0 Å². The van der Waals surface area contributed by atoms with E-state index in [1.807, 2.05) is 19.1 Å². The Morgan fingerprint density at radius 1 is 1.50 bits per heavy atom. The monoisotopic (exact) mass is 269 g/mol. The van der Waals surface area contributed by atoms with Crippen molar-refractivity contribution in [3.8, 4) is 0 Å². The minimum atomic E-state index is -0.797. The van der Waals surface area contributed by atoms with Crippen LogP contribution in [0.2, 0.25) is 0 Å². The Bertz CT molecular complexity index is 424. The first-order chi connectivity index (χ1) is 8.50. The molecule has 0 radical (unpaired) electrons. The molecule has 1 aliphatic rings. The summed E-state index contributed by atoms with van der Waals surface area (Å²) in [5.41, 5.74) is -0.797. The second-order valence-electron chi connectivity index (χ2n) is 4.91. The van der Waals surface area contributed by atoms with Crippen LogP contribution in [-0.4, -0.2) is 48.3 Å². The minimum absolute atomic E-state index is 0.0204. The van der Waals surface area contributed by atoms with Gasteiger partial charge in [-0.05, 0) is 19.1 Å². The Kier molecular flexibility index (Phi) is 4.04. The van der Waals surface area contributed by atoms with E-state index in [1.54, 1.807) is 11.9 Å². The second-order valence-corrected chi connectivity index (χ2v) is 6.20. The molecule has 0 spiro atoms. The summed E-state index contributed by atoms with van der Waals surface area (Å²) in [6, 6.07) is 3.78. The number of carbonyl (C=O) groups is 1. The number of hydrogen-bond donors (Lipinski definition) is 1. The predicted molar refractivity (Wildman–Crippen MR) is 71.0 cm³/mol. The number of thiophene rings is 1. The van der Waals surface area contributed by atoms with Gasteiger partial charge in [0.2, 0.25) is 0 Å². The van der Waals surface area contributed by atoms with E-state index in [0.29, 0.717) is 32.6 Å². The summed E-state index contributed by atoms with van der Waals surface area (Å²) >= 11 is 1.49. The van der Waals surface area contributed by atoms with Gasteiger partial charge in [-0.2, -0.15) is 0 Å². The summed E-state index contributed by atoms with van der Waals surface area (Å²) in [6.07, 6.45) is 1.18. The average molecular weight is 269 g/mol. The lowest BCUT2D eigenvalue weighted by Crippen LogP contribution is -2.47. The van der Waals surface area contributed by atoms with Crippen molar-refractivity contribution in [3.63, 3.8) is 0 Å². The highest BCUT2D eigenvalue weighted by Crippen LogP contribution is 2.23.